The Morgan fingerprint density at radius 3 is 2.25 bits per heavy atom. The van der Waals surface area contributed by atoms with Crippen molar-refractivity contribution < 1.29 is 14.6 Å². The molecular formula is C17H30O3. The largest absolute Gasteiger partial charge is 0.466 e. The molecule has 0 aliphatic carbocycles. The van der Waals surface area contributed by atoms with Gasteiger partial charge in [0.2, 0.25) is 0 Å². The molecule has 0 aliphatic rings. The lowest BCUT2D eigenvalue weighted by molar-refractivity contribution is -0.144. The lowest BCUT2D eigenvalue weighted by Gasteiger charge is -2.02. The van der Waals surface area contributed by atoms with Crippen molar-refractivity contribution in [2.45, 2.75) is 64.7 Å². The number of carbonyl (C=O) groups is 1. The predicted molar refractivity (Wildman–Crippen MR) is 83.6 cm³/mol. The van der Waals surface area contributed by atoms with Crippen LogP contribution in [0, 0.1) is 0 Å². The first-order valence-electron chi connectivity index (χ1n) is 7.87. The fourth-order valence-electron chi connectivity index (χ4n) is 1.73. The van der Waals surface area contributed by atoms with Crippen molar-refractivity contribution in [3.05, 3.63) is 24.3 Å². The molecule has 0 rings (SSSR count). The van der Waals surface area contributed by atoms with Gasteiger partial charge in [-0.1, -0.05) is 44.1 Å². The van der Waals surface area contributed by atoms with Gasteiger partial charge in [0.15, 0.2) is 0 Å². The zero-order chi connectivity index (χ0) is 14.9. The van der Waals surface area contributed by atoms with Gasteiger partial charge in [0.25, 0.3) is 0 Å². The Hall–Kier alpha value is -1.09. The molecule has 0 radical (unpaired) electrons. The summed E-state index contributed by atoms with van der Waals surface area (Å²) >= 11 is 0. The number of rotatable bonds is 13. The van der Waals surface area contributed by atoms with Crippen LogP contribution >= 0.6 is 0 Å². The van der Waals surface area contributed by atoms with E-state index in [0.717, 1.165) is 25.7 Å². The molecule has 0 aliphatic heterocycles. The molecule has 0 fully saturated rings. The zero-order valence-electron chi connectivity index (χ0n) is 12.9. The van der Waals surface area contributed by atoms with E-state index in [1.165, 1.54) is 25.7 Å². The summed E-state index contributed by atoms with van der Waals surface area (Å²) in [4.78, 5) is 10.9. The van der Waals surface area contributed by atoms with E-state index < -0.39 is 0 Å². The third-order valence-corrected chi connectivity index (χ3v) is 2.92. The van der Waals surface area contributed by atoms with Gasteiger partial charge in [-0.15, -0.1) is 0 Å². The molecule has 20 heavy (non-hydrogen) atoms. The van der Waals surface area contributed by atoms with E-state index in [4.69, 9.17) is 9.84 Å². The number of aliphatic hydroxyl groups excluding tert-OH is 1. The highest BCUT2D eigenvalue weighted by atomic mass is 16.5. The monoisotopic (exact) mass is 282 g/mol. The lowest BCUT2D eigenvalue weighted by atomic mass is 10.2. The third-order valence-electron chi connectivity index (χ3n) is 2.92. The summed E-state index contributed by atoms with van der Waals surface area (Å²) in [6, 6.07) is 0. The number of aliphatic hydroxyl groups is 1. The summed E-state index contributed by atoms with van der Waals surface area (Å²) in [6.45, 7) is 2.55. The summed E-state index contributed by atoms with van der Waals surface area (Å²) in [5.41, 5.74) is 0. The van der Waals surface area contributed by atoms with Crippen molar-refractivity contribution in [1.82, 2.24) is 0 Å². The zero-order valence-corrected chi connectivity index (χ0v) is 12.9. The van der Waals surface area contributed by atoms with Crippen LogP contribution in [-0.4, -0.2) is 24.3 Å². The summed E-state index contributed by atoms with van der Waals surface area (Å²) in [5.74, 6) is -0.309. The predicted octanol–water partition coefficient (Wildman–Crippen LogP) is 4.17. The van der Waals surface area contributed by atoms with Crippen LogP contribution in [0.25, 0.3) is 0 Å². The van der Waals surface area contributed by atoms with E-state index in [2.05, 4.69) is 31.2 Å². The highest BCUT2D eigenvalue weighted by molar-refractivity contribution is 5.69. The topological polar surface area (TPSA) is 46.5 Å². The van der Waals surface area contributed by atoms with Crippen molar-refractivity contribution in [3.8, 4) is 0 Å². The first-order chi connectivity index (χ1) is 9.81. The number of esters is 1. The van der Waals surface area contributed by atoms with E-state index in [9.17, 15) is 4.79 Å². The van der Waals surface area contributed by atoms with E-state index in [0.29, 0.717) is 6.61 Å². The minimum absolute atomic E-state index is 0.102. The number of hydrogen-bond acceptors (Lipinski definition) is 3. The molecular weight excluding hydrogens is 252 g/mol. The Morgan fingerprint density at radius 2 is 1.65 bits per heavy atom. The Balaban J connectivity index is 3.25. The van der Waals surface area contributed by atoms with Crippen LogP contribution in [0.15, 0.2) is 24.3 Å². The van der Waals surface area contributed by atoms with Crippen LogP contribution in [0.2, 0.25) is 0 Å². The molecule has 0 heterocycles. The number of ether oxygens (including phenoxy) is 1. The van der Waals surface area contributed by atoms with E-state index in [1.807, 2.05) is 0 Å². The smallest absolute Gasteiger partial charge is 0.308 e. The number of unbranched alkanes of at least 4 members (excludes halogenated alkanes) is 5. The molecule has 0 aromatic carbocycles. The molecule has 0 saturated carbocycles. The molecule has 0 aromatic rings. The average Bonchev–Trinajstić information content (AvgIpc) is 2.44. The van der Waals surface area contributed by atoms with Gasteiger partial charge < -0.3 is 9.84 Å². The molecule has 0 spiro atoms. The maximum Gasteiger partial charge on any atom is 0.308 e. The van der Waals surface area contributed by atoms with Gasteiger partial charge in [-0.05, 0) is 38.5 Å². The minimum atomic E-state index is -0.309. The van der Waals surface area contributed by atoms with Crippen molar-refractivity contribution in [1.29, 1.82) is 0 Å². The molecule has 3 heteroatoms. The number of allylic oxidation sites excluding steroid dienone is 4. The fraction of sp³-hybridized carbons (Fsp3) is 0.706. The van der Waals surface area contributed by atoms with E-state index in [1.54, 1.807) is 0 Å². The third kappa shape index (κ3) is 15.0. The highest BCUT2D eigenvalue weighted by Gasteiger charge is 1.99. The molecule has 0 unspecified atom stereocenters. The average molecular weight is 282 g/mol. The van der Waals surface area contributed by atoms with Gasteiger partial charge >= 0.3 is 5.97 Å². The Morgan fingerprint density at radius 1 is 1.00 bits per heavy atom. The van der Waals surface area contributed by atoms with Crippen molar-refractivity contribution in [3.63, 3.8) is 0 Å². The second-order valence-corrected chi connectivity index (χ2v) is 4.86. The maximum absolute atomic E-state index is 10.9. The van der Waals surface area contributed by atoms with Gasteiger partial charge in [-0.3, -0.25) is 4.79 Å². The highest BCUT2D eigenvalue weighted by Crippen LogP contribution is 2.02. The second kappa shape index (κ2) is 16.0. The van der Waals surface area contributed by atoms with Crippen LogP contribution < -0.4 is 0 Å². The number of hydrogen-bond donors (Lipinski definition) is 1. The van der Waals surface area contributed by atoms with Crippen LogP contribution in [-0.2, 0) is 9.53 Å². The molecule has 0 atom stereocenters. The van der Waals surface area contributed by atoms with Gasteiger partial charge in [0.05, 0.1) is 19.6 Å². The summed E-state index contributed by atoms with van der Waals surface area (Å²) in [6.07, 6.45) is 18.0. The summed E-state index contributed by atoms with van der Waals surface area (Å²) < 4.78 is 4.94. The summed E-state index contributed by atoms with van der Waals surface area (Å²) in [7, 11) is 0. The molecule has 0 aromatic heterocycles. The van der Waals surface area contributed by atoms with Crippen molar-refractivity contribution in [2.24, 2.45) is 0 Å². The standard InChI is InChI=1S/C17H30O3/c1-2-3-4-5-6-7-8-9-10-11-12-13-16-20-17(19)14-15-18/h6-7,9-10,18H,2-5,8,11-16H2,1H3/b7-6-,10-9-. The SMILES string of the molecule is CCCCC/C=C\C/C=C\CCCCOC(=O)CCO. The van der Waals surface area contributed by atoms with Crippen LogP contribution in [0.3, 0.4) is 0 Å². The Kier molecular flexibility index (Phi) is 15.1. The normalized spacial score (nSPS) is 11.5. The van der Waals surface area contributed by atoms with Gasteiger partial charge in [0.1, 0.15) is 0 Å². The first kappa shape index (κ1) is 18.9. The van der Waals surface area contributed by atoms with E-state index >= 15 is 0 Å². The molecule has 0 bridgehead atoms. The van der Waals surface area contributed by atoms with Crippen molar-refractivity contribution in [2.75, 3.05) is 13.2 Å². The molecule has 116 valence electrons. The van der Waals surface area contributed by atoms with Crippen LogP contribution in [0.4, 0.5) is 0 Å². The quantitative estimate of drug-likeness (QED) is 0.313. The van der Waals surface area contributed by atoms with Gasteiger partial charge in [-0.25, -0.2) is 0 Å². The Labute approximate surface area is 123 Å². The molecule has 0 amide bonds. The van der Waals surface area contributed by atoms with Gasteiger partial charge in [0, 0.05) is 0 Å². The van der Waals surface area contributed by atoms with Crippen LogP contribution in [0.1, 0.15) is 64.7 Å². The van der Waals surface area contributed by atoms with E-state index in [-0.39, 0.29) is 19.0 Å². The Bertz CT molecular complexity index is 269. The lowest BCUT2D eigenvalue weighted by Crippen LogP contribution is -2.07. The molecule has 1 N–H and O–H groups in total. The van der Waals surface area contributed by atoms with Crippen LogP contribution in [0.5, 0.6) is 0 Å². The summed E-state index contributed by atoms with van der Waals surface area (Å²) in [5, 5.41) is 8.53. The van der Waals surface area contributed by atoms with Gasteiger partial charge in [-0.2, -0.15) is 0 Å². The first-order valence-corrected chi connectivity index (χ1v) is 7.87. The van der Waals surface area contributed by atoms with Crippen molar-refractivity contribution >= 4 is 5.97 Å². The maximum atomic E-state index is 10.9. The minimum Gasteiger partial charge on any atom is -0.466 e. The number of carbonyl (C=O) groups excluding carboxylic acids is 1. The fourth-order valence-corrected chi connectivity index (χ4v) is 1.73. The molecule has 0 saturated heterocycles. The second-order valence-electron chi connectivity index (χ2n) is 4.86. The molecule has 3 nitrogen and oxygen atoms in total.